The van der Waals surface area contributed by atoms with Crippen molar-refractivity contribution in [2.45, 2.75) is 32.4 Å². The second kappa shape index (κ2) is 7.45. The van der Waals surface area contributed by atoms with Crippen molar-refractivity contribution in [1.29, 1.82) is 0 Å². The van der Waals surface area contributed by atoms with Gasteiger partial charge in [-0.05, 0) is 42.5 Å². The lowest BCUT2D eigenvalue weighted by Crippen LogP contribution is -2.34. The third-order valence-corrected chi connectivity index (χ3v) is 7.08. The van der Waals surface area contributed by atoms with Crippen LogP contribution in [0, 0.1) is 0 Å². The predicted molar refractivity (Wildman–Crippen MR) is 121 cm³/mol. The van der Waals surface area contributed by atoms with E-state index in [2.05, 4.69) is 15.4 Å². The van der Waals surface area contributed by atoms with Crippen LogP contribution >= 0.6 is 11.3 Å². The van der Waals surface area contributed by atoms with Gasteiger partial charge in [0.25, 0.3) is 0 Å². The molecule has 0 spiro atoms. The number of aromatic nitrogens is 4. The third-order valence-electron chi connectivity index (χ3n) is 5.77. The first-order valence-electron chi connectivity index (χ1n) is 10.5. The number of carbonyl (C=O) groups is 1. The van der Waals surface area contributed by atoms with Gasteiger partial charge in [0.1, 0.15) is 11.4 Å². The number of benzene rings is 1. The number of thiophene rings is 1. The maximum atomic E-state index is 13.4. The van der Waals surface area contributed by atoms with Gasteiger partial charge < -0.3 is 9.73 Å². The zero-order valence-electron chi connectivity index (χ0n) is 17.1. The molecule has 1 aromatic carbocycles. The molecule has 6 rings (SSSR count). The summed E-state index contributed by atoms with van der Waals surface area (Å²) in [5.74, 6) is 0.634. The summed E-state index contributed by atoms with van der Waals surface area (Å²) in [5.41, 5.74) is 2.36. The monoisotopic (exact) mass is 445 g/mol. The van der Waals surface area contributed by atoms with Crippen molar-refractivity contribution in [1.82, 2.24) is 24.5 Å². The number of furan rings is 1. The van der Waals surface area contributed by atoms with E-state index in [-0.39, 0.29) is 18.1 Å². The van der Waals surface area contributed by atoms with Crippen molar-refractivity contribution in [2.24, 2.45) is 0 Å². The minimum Gasteiger partial charge on any atom is -0.461 e. The van der Waals surface area contributed by atoms with E-state index in [0.29, 0.717) is 23.8 Å². The molecule has 8 nitrogen and oxygen atoms in total. The van der Waals surface area contributed by atoms with Crippen LogP contribution in [0.3, 0.4) is 0 Å². The van der Waals surface area contributed by atoms with Crippen molar-refractivity contribution in [2.75, 3.05) is 0 Å². The number of rotatable bonds is 5. The molecule has 0 saturated carbocycles. The topological polar surface area (TPSA) is 94.4 Å². The highest BCUT2D eigenvalue weighted by molar-refractivity contribution is 7.19. The SMILES string of the molecule is O=C(Cn1c(=O)n2nc(-c3ccco3)nc2c2c3c(sc21)CCC3)NCc1ccccc1. The Labute approximate surface area is 186 Å². The molecule has 32 heavy (non-hydrogen) atoms. The third kappa shape index (κ3) is 3.04. The van der Waals surface area contributed by atoms with E-state index < -0.39 is 0 Å². The molecule has 0 saturated heterocycles. The van der Waals surface area contributed by atoms with E-state index in [1.54, 1.807) is 29.7 Å². The first kappa shape index (κ1) is 19.0. The summed E-state index contributed by atoms with van der Waals surface area (Å²) in [5, 5.41) is 8.25. The molecule has 0 aliphatic heterocycles. The summed E-state index contributed by atoms with van der Waals surface area (Å²) >= 11 is 1.58. The lowest BCUT2D eigenvalue weighted by molar-refractivity contribution is -0.121. The van der Waals surface area contributed by atoms with Crippen LogP contribution in [-0.2, 0) is 30.7 Å². The molecular formula is C23H19N5O3S. The van der Waals surface area contributed by atoms with E-state index >= 15 is 0 Å². The van der Waals surface area contributed by atoms with Gasteiger partial charge in [-0.15, -0.1) is 16.4 Å². The van der Waals surface area contributed by atoms with Gasteiger partial charge in [-0.25, -0.2) is 9.78 Å². The first-order valence-corrected chi connectivity index (χ1v) is 11.3. The van der Waals surface area contributed by atoms with Gasteiger partial charge in [-0.2, -0.15) is 4.52 Å². The molecule has 1 amide bonds. The quantitative estimate of drug-likeness (QED) is 0.448. The predicted octanol–water partition coefficient (Wildman–Crippen LogP) is 3.17. The molecule has 1 aliphatic carbocycles. The number of nitrogens with zero attached hydrogens (tertiary/aromatic N) is 4. The van der Waals surface area contributed by atoms with Gasteiger partial charge in [0.05, 0.1) is 11.6 Å². The Balaban J connectivity index is 1.45. The normalized spacial score (nSPS) is 13.1. The summed E-state index contributed by atoms with van der Waals surface area (Å²) < 4.78 is 8.26. The number of nitrogens with one attached hydrogen (secondary N) is 1. The average Bonchev–Trinajstić information content (AvgIpc) is 3.58. The van der Waals surface area contributed by atoms with Gasteiger partial charge in [0, 0.05) is 11.4 Å². The number of carbonyl (C=O) groups excluding carboxylic acids is 1. The summed E-state index contributed by atoms with van der Waals surface area (Å²) in [4.78, 5) is 32.8. The fraction of sp³-hybridized carbons (Fsp3) is 0.217. The maximum Gasteiger partial charge on any atom is 0.352 e. The standard InChI is InChI=1S/C23H19N5O3S/c29-18(24-12-14-6-2-1-3-7-14)13-27-22-19(15-8-4-10-17(15)32-22)21-25-20(16-9-5-11-31-16)26-28(21)23(27)30/h1-3,5-7,9,11H,4,8,10,12-13H2,(H,24,29). The van der Waals surface area contributed by atoms with Crippen LogP contribution in [0.2, 0.25) is 0 Å². The van der Waals surface area contributed by atoms with Gasteiger partial charge in [-0.3, -0.25) is 9.36 Å². The Bertz CT molecular complexity index is 1510. The summed E-state index contributed by atoms with van der Waals surface area (Å²) in [6.07, 6.45) is 4.55. The minimum atomic E-state index is -0.382. The number of hydrogen-bond acceptors (Lipinski definition) is 6. The maximum absolute atomic E-state index is 13.4. The number of aryl methyl sites for hydroxylation is 2. The van der Waals surface area contributed by atoms with Crippen molar-refractivity contribution in [3.05, 3.63) is 75.2 Å². The molecule has 5 aromatic rings. The fourth-order valence-electron chi connectivity index (χ4n) is 4.26. The van der Waals surface area contributed by atoms with Gasteiger partial charge >= 0.3 is 5.69 Å². The molecule has 0 radical (unpaired) electrons. The molecule has 160 valence electrons. The van der Waals surface area contributed by atoms with Gasteiger partial charge in [0.15, 0.2) is 11.4 Å². The molecule has 0 atom stereocenters. The fourth-order valence-corrected chi connectivity index (χ4v) is 5.64. The smallest absolute Gasteiger partial charge is 0.352 e. The highest BCUT2D eigenvalue weighted by atomic mass is 32.1. The molecule has 1 N–H and O–H groups in total. The van der Waals surface area contributed by atoms with E-state index in [0.717, 1.165) is 35.0 Å². The Hall–Kier alpha value is -3.72. The van der Waals surface area contributed by atoms with E-state index in [4.69, 9.17) is 4.42 Å². The number of fused-ring (bicyclic) bond motifs is 5. The Morgan fingerprint density at radius 1 is 1.16 bits per heavy atom. The Morgan fingerprint density at radius 2 is 2.03 bits per heavy atom. The highest BCUT2D eigenvalue weighted by Gasteiger charge is 2.26. The highest BCUT2D eigenvalue weighted by Crippen LogP contribution is 2.38. The molecule has 0 bridgehead atoms. The average molecular weight is 446 g/mol. The number of hydrogen-bond donors (Lipinski definition) is 1. The molecule has 4 heterocycles. The Morgan fingerprint density at radius 3 is 2.84 bits per heavy atom. The summed E-state index contributed by atoms with van der Waals surface area (Å²) in [6, 6.07) is 13.2. The minimum absolute atomic E-state index is 0.0759. The Kier molecular flexibility index (Phi) is 4.43. The zero-order chi connectivity index (χ0) is 21.7. The van der Waals surface area contributed by atoms with Crippen molar-refractivity contribution >= 4 is 33.1 Å². The largest absolute Gasteiger partial charge is 0.461 e. The first-order chi connectivity index (χ1) is 15.7. The molecule has 9 heteroatoms. The van der Waals surface area contributed by atoms with Crippen LogP contribution in [0.15, 0.2) is 57.9 Å². The van der Waals surface area contributed by atoms with Gasteiger partial charge in [0.2, 0.25) is 11.7 Å². The van der Waals surface area contributed by atoms with E-state index in [1.165, 1.54) is 19.5 Å². The van der Waals surface area contributed by atoms with Crippen LogP contribution < -0.4 is 11.0 Å². The molecule has 1 aliphatic rings. The molecule has 0 unspecified atom stereocenters. The molecular weight excluding hydrogens is 426 g/mol. The van der Waals surface area contributed by atoms with Crippen LogP contribution in [-0.4, -0.2) is 25.1 Å². The molecule has 0 fully saturated rings. The second-order valence-electron chi connectivity index (χ2n) is 7.82. The summed E-state index contributed by atoms with van der Waals surface area (Å²) in [7, 11) is 0. The van der Waals surface area contributed by atoms with Crippen LogP contribution in [0.4, 0.5) is 0 Å². The van der Waals surface area contributed by atoms with E-state index in [1.807, 2.05) is 30.3 Å². The zero-order valence-corrected chi connectivity index (χ0v) is 17.9. The van der Waals surface area contributed by atoms with Crippen molar-refractivity contribution in [3.8, 4) is 11.6 Å². The van der Waals surface area contributed by atoms with E-state index in [9.17, 15) is 9.59 Å². The van der Waals surface area contributed by atoms with Crippen LogP contribution in [0.25, 0.3) is 27.4 Å². The van der Waals surface area contributed by atoms with Crippen LogP contribution in [0.5, 0.6) is 0 Å². The number of amides is 1. The van der Waals surface area contributed by atoms with Crippen molar-refractivity contribution in [3.63, 3.8) is 0 Å². The lowest BCUT2D eigenvalue weighted by atomic mass is 10.2. The second-order valence-corrected chi connectivity index (χ2v) is 8.90. The lowest BCUT2D eigenvalue weighted by Gasteiger charge is -2.10. The van der Waals surface area contributed by atoms with Crippen LogP contribution in [0.1, 0.15) is 22.4 Å². The summed E-state index contributed by atoms with van der Waals surface area (Å²) in [6.45, 7) is 0.333. The van der Waals surface area contributed by atoms with Crippen molar-refractivity contribution < 1.29 is 9.21 Å². The van der Waals surface area contributed by atoms with Gasteiger partial charge in [-0.1, -0.05) is 30.3 Å². The molecule has 4 aromatic heterocycles.